The summed E-state index contributed by atoms with van der Waals surface area (Å²) in [4.78, 5) is 0. The number of anilines is 1. The van der Waals surface area contributed by atoms with E-state index in [9.17, 15) is 8.42 Å². The first-order valence-corrected chi connectivity index (χ1v) is 7.87. The van der Waals surface area contributed by atoms with E-state index < -0.39 is 9.84 Å². The van der Waals surface area contributed by atoms with Gasteiger partial charge in [-0.2, -0.15) is 0 Å². The second-order valence-corrected chi connectivity index (χ2v) is 7.25. The zero-order valence-corrected chi connectivity index (χ0v) is 11.0. The molecule has 0 atom stereocenters. The van der Waals surface area contributed by atoms with Crippen LogP contribution in [0.3, 0.4) is 0 Å². The summed E-state index contributed by atoms with van der Waals surface area (Å²) in [5, 5.41) is 0. The van der Waals surface area contributed by atoms with Gasteiger partial charge in [-0.15, -0.1) is 0 Å². The smallest absolute Gasteiger partial charge is 0.150 e. The maximum atomic E-state index is 11.9. The molecule has 0 radical (unpaired) electrons. The zero-order valence-electron chi connectivity index (χ0n) is 10.1. The molecule has 94 valence electrons. The minimum absolute atomic E-state index is 0.210. The SMILES string of the molecule is CCS(=O)(=O)CC1(c2ccccc2N)CCC1. The van der Waals surface area contributed by atoms with E-state index in [4.69, 9.17) is 5.73 Å². The van der Waals surface area contributed by atoms with Crippen molar-refractivity contribution in [2.75, 3.05) is 17.2 Å². The lowest BCUT2D eigenvalue weighted by Gasteiger charge is -2.42. The summed E-state index contributed by atoms with van der Waals surface area (Å²) < 4.78 is 23.7. The van der Waals surface area contributed by atoms with Crippen LogP contribution in [0.4, 0.5) is 5.69 Å². The quantitative estimate of drug-likeness (QED) is 0.836. The molecule has 0 saturated heterocycles. The predicted molar refractivity (Wildman–Crippen MR) is 70.7 cm³/mol. The maximum Gasteiger partial charge on any atom is 0.150 e. The van der Waals surface area contributed by atoms with Gasteiger partial charge in [-0.3, -0.25) is 0 Å². The van der Waals surface area contributed by atoms with Crippen LogP contribution in [0, 0.1) is 0 Å². The summed E-state index contributed by atoms with van der Waals surface area (Å²) >= 11 is 0. The van der Waals surface area contributed by atoms with E-state index in [2.05, 4.69) is 0 Å². The lowest BCUT2D eigenvalue weighted by Crippen LogP contribution is -2.42. The lowest BCUT2D eigenvalue weighted by atomic mass is 9.65. The van der Waals surface area contributed by atoms with E-state index in [1.165, 1.54) is 0 Å². The van der Waals surface area contributed by atoms with Crippen molar-refractivity contribution in [3.63, 3.8) is 0 Å². The molecule has 0 aliphatic heterocycles. The highest BCUT2D eigenvalue weighted by molar-refractivity contribution is 7.91. The number of nitrogens with two attached hydrogens (primary N) is 1. The number of hydrogen-bond donors (Lipinski definition) is 1. The van der Waals surface area contributed by atoms with Crippen LogP contribution in [0.5, 0.6) is 0 Å². The first-order chi connectivity index (χ1) is 7.99. The number of sulfone groups is 1. The Morgan fingerprint density at radius 3 is 2.41 bits per heavy atom. The third kappa shape index (κ3) is 2.32. The Morgan fingerprint density at radius 1 is 1.29 bits per heavy atom. The average Bonchev–Trinajstić information content (AvgIpc) is 2.25. The predicted octanol–water partition coefficient (Wildman–Crippen LogP) is 2.13. The molecule has 1 aromatic rings. The Morgan fingerprint density at radius 2 is 1.94 bits per heavy atom. The molecule has 4 heteroatoms. The number of para-hydroxylation sites is 1. The summed E-state index contributed by atoms with van der Waals surface area (Å²) in [6, 6.07) is 7.65. The van der Waals surface area contributed by atoms with Crippen LogP contribution in [0.1, 0.15) is 31.7 Å². The Kier molecular flexibility index (Phi) is 3.17. The largest absolute Gasteiger partial charge is 0.398 e. The maximum absolute atomic E-state index is 11.9. The molecule has 1 fully saturated rings. The van der Waals surface area contributed by atoms with Gasteiger partial charge in [-0.05, 0) is 24.5 Å². The van der Waals surface area contributed by atoms with Crippen LogP contribution < -0.4 is 5.73 Å². The van der Waals surface area contributed by atoms with Gasteiger partial charge in [-0.25, -0.2) is 8.42 Å². The van der Waals surface area contributed by atoms with Gasteiger partial charge in [0, 0.05) is 16.9 Å². The third-order valence-corrected chi connectivity index (χ3v) is 5.65. The van der Waals surface area contributed by atoms with Gasteiger partial charge in [0.05, 0.1) is 5.75 Å². The van der Waals surface area contributed by atoms with Crippen LogP contribution in [0.25, 0.3) is 0 Å². The summed E-state index contributed by atoms with van der Waals surface area (Å²) in [7, 11) is -2.96. The van der Waals surface area contributed by atoms with Gasteiger partial charge in [0.1, 0.15) is 0 Å². The molecule has 0 spiro atoms. The van der Waals surface area contributed by atoms with E-state index in [1.54, 1.807) is 6.92 Å². The molecule has 0 bridgehead atoms. The zero-order chi connectivity index (χ0) is 12.5. The van der Waals surface area contributed by atoms with Crippen LogP contribution in [0.2, 0.25) is 0 Å². The Balaban J connectivity index is 2.36. The number of hydrogen-bond acceptors (Lipinski definition) is 3. The fraction of sp³-hybridized carbons (Fsp3) is 0.538. The Hall–Kier alpha value is -1.03. The van der Waals surface area contributed by atoms with E-state index in [-0.39, 0.29) is 16.9 Å². The lowest BCUT2D eigenvalue weighted by molar-refractivity contribution is 0.275. The number of nitrogen functional groups attached to an aromatic ring is 1. The molecule has 3 nitrogen and oxygen atoms in total. The molecular formula is C13H19NO2S. The fourth-order valence-corrected chi connectivity index (χ4v) is 4.09. The van der Waals surface area contributed by atoms with Crippen molar-refractivity contribution in [3.8, 4) is 0 Å². The Labute approximate surface area is 103 Å². The van der Waals surface area contributed by atoms with Gasteiger partial charge in [0.25, 0.3) is 0 Å². The van der Waals surface area contributed by atoms with Gasteiger partial charge < -0.3 is 5.73 Å². The van der Waals surface area contributed by atoms with Crippen molar-refractivity contribution < 1.29 is 8.42 Å². The van der Waals surface area contributed by atoms with Gasteiger partial charge in [0.15, 0.2) is 9.84 Å². The summed E-state index contributed by atoms with van der Waals surface area (Å²) in [6.07, 6.45) is 2.95. The van der Waals surface area contributed by atoms with Crippen LogP contribution >= 0.6 is 0 Å². The highest BCUT2D eigenvalue weighted by atomic mass is 32.2. The van der Waals surface area contributed by atoms with Crippen LogP contribution in [-0.4, -0.2) is 19.9 Å². The molecule has 2 N–H and O–H groups in total. The Bertz CT molecular complexity index is 504. The summed E-state index contributed by atoms with van der Waals surface area (Å²) in [5.74, 6) is 0.451. The molecule has 0 amide bonds. The van der Waals surface area contributed by atoms with Crippen molar-refractivity contribution in [1.82, 2.24) is 0 Å². The highest BCUT2D eigenvalue weighted by Gasteiger charge is 2.42. The van der Waals surface area contributed by atoms with E-state index in [1.807, 2.05) is 24.3 Å². The van der Waals surface area contributed by atoms with Crippen LogP contribution in [-0.2, 0) is 15.3 Å². The fourth-order valence-electron chi connectivity index (χ4n) is 2.60. The van der Waals surface area contributed by atoms with E-state index in [0.29, 0.717) is 0 Å². The first kappa shape index (κ1) is 12.4. The first-order valence-electron chi connectivity index (χ1n) is 6.04. The molecular weight excluding hydrogens is 234 g/mol. The molecule has 0 unspecified atom stereocenters. The second-order valence-electron chi connectivity index (χ2n) is 4.90. The third-order valence-electron chi connectivity index (χ3n) is 3.78. The van der Waals surface area contributed by atoms with Crippen LogP contribution in [0.15, 0.2) is 24.3 Å². The summed E-state index contributed by atoms with van der Waals surface area (Å²) in [6.45, 7) is 1.70. The molecule has 1 saturated carbocycles. The molecule has 0 heterocycles. The summed E-state index contributed by atoms with van der Waals surface area (Å²) in [5.41, 5.74) is 7.50. The van der Waals surface area contributed by atoms with E-state index >= 15 is 0 Å². The average molecular weight is 253 g/mol. The normalized spacial score (nSPS) is 18.6. The van der Waals surface area contributed by atoms with Crippen molar-refractivity contribution in [1.29, 1.82) is 0 Å². The van der Waals surface area contributed by atoms with Gasteiger partial charge in [0.2, 0.25) is 0 Å². The standard InChI is InChI=1S/C13H19NO2S/c1-2-17(15,16)10-13(8-5-9-13)11-6-3-4-7-12(11)14/h3-4,6-7H,2,5,8-10,14H2,1H3. The molecule has 17 heavy (non-hydrogen) atoms. The topological polar surface area (TPSA) is 60.2 Å². The second kappa shape index (κ2) is 4.33. The molecule has 1 aliphatic carbocycles. The number of rotatable bonds is 4. The van der Waals surface area contributed by atoms with Gasteiger partial charge >= 0.3 is 0 Å². The van der Waals surface area contributed by atoms with Crippen molar-refractivity contribution in [3.05, 3.63) is 29.8 Å². The van der Waals surface area contributed by atoms with Crippen molar-refractivity contribution >= 4 is 15.5 Å². The number of benzene rings is 1. The molecule has 1 aromatic carbocycles. The minimum atomic E-state index is -2.96. The molecule has 0 aromatic heterocycles. The van der Waals surface area contributed by atoms with Crippen molar-refractivity contribution in [2.24, 2.45) is 0 Å². The molecule has 1 aliphatic rings. The minimum Gasteiger partial charge on any atom is -0.398 e. The molecule has 2 rings (SSSR count). The van der Waals surface area contributed by atoms with E-state index in [0.717, 1.165) is 30.5 Å². The highest BCUT2D eigenvalue weighted by Crippen LogP contribution is 2.46. The van der Waals surface area contributed by atoms with Gasteiger partial charge in [-0.1, -0.05) is 31.5 Å². The monoisotopic (exact) mass is 253 g/mol. The van der Waals surface area contributed by atoms with Crippen molar-refractivity contribution in [2.45, 2.75) is 31.6 Å².